The number of benzene rings is 2. The summed E-state index contributed by atoms with van der Waals surface area (Å²) < 4.78 is 10.8. The van der Waals surface area contributed by atoms with Crippen LogP contribution in [0.2, 0.25) is 0 Å². The summed E-state index contributed by atoms with van der Waals surface area (Å²) in [7, 11) is 1.41. The van der Waals surface area contributed by atoms with Gasteiger partial charge in [0.05, 0.1) is 5.41 Å². The molecule has 0 saturated carbocycles. The Labute approximate surface area is 195 Å². The Morgan fingerprint density at radius 1 is 0.909 bits per heavy atom. The third-order valence-corrected chi connectivity index (χ3v) is 5.26. The summed E-state index contributed by atoms with van der Waals surface area (Å²) in [4.78, 5) is 38.0. The van der Waals surface area contributed by atoms with E-state index in [0.29, 0.717) is 5.56 Å². The Hall–Kier alpha value is -3.35. The molecule has 33 heavy (non-hydrogen) atoms. The summed E-state index contributed by atoms with van der Waals surface area (Å²) in [5.41, 5.74) is 0.824. The summed E-state index contributed by atoms with van der Waals surface area (Å²) >= 11 is 0. The summed E-state index contributed by atoms with van der Waals surface area (Å²) in [6.07, 6.45) is -0.617. The first-order chi connectivity index (χ1) is 15.3. The number of esters is 1. The van der Waals surface area contributed by atoms with Crippen LogP contribution in [0.5, 0.6) is 0 Å². The van der Waals surface area contributed by atoms with Crippen molar-refractivity contribution in [3.63, 3.8) is 0 Å². The fourth-order valence-corrected chi connectivity index (χ4v) is 3.14. The van der Waals surface area contributed by atoms with Gasteiger partial charge in [0.2, 0.25) is 0 Å². The molecule has 2 aromatic carbocycles. The van der Waals surface area contributed by atoms with Crippen LogP contribution in [0.3, 0.4) is 0 Å². The fraction of sp³-hybridized carbons (Fsp3) is 0.423. The molecule has 1 N–H and O–H groups in total. The smallest absolute Gasteiger partial charge is 0.410 e. The van der Waals surface area contributed by atoms with Crippen molar-refractivity contribution in [1.82, 2.24) is 4.90 Å². The number of hydrogen-bond donors (Lipinski definition) is 1. The van der Waals surface area contributed by atoms with Gasteiger partial charge in [-0.05, 0) is 51.3 Å². The van der Waals surface area contributed by atoms with Crippen LogP contribution < -0.4 is 0 Å². The number of likely N-dealkylation sites (N-methyl/N-ethyl adjacent to an activating group) is 1. The minimum atomic E-state index is -1.13. The minimum absolute atomic E-state index is 0.0603. The van der Waals surface area contributed by atoms with E-state index in [1.807, 2.05) is 51.1 Å². The quantitative estimate of drug-likeness (QED) is 0.586. The molecule has 7 nitrogen and oxygen atoms in total. The molecular weight excluding hydrogens is 422 g/mol. The van der Waals surface area contributed by atoms with Gasteiger partial charge in [0.1, 0.15) is 18.2 Å². The number of carbonyl (C=O) groups excluding carboxylic acids is 2. The van der Waals surface area contributed by atoms with E-state index in [-0.39, 0.29) is 19.0 Å². The molecule has 7 heteroatoms. The van der Waals surface area contributed by atoms with E-state index in [2.05, 4.69) is 0 Å². The van der Waals surface area contributed by atoms with Crippen molar-refractivity contribution >= 4 is 18.0 Å². The highest BCUT2D eigenvalue weighted by Gasteiger charge is 2.34. The topological polar surface area (TPSA) is 93.1 Å². The first-order valence-electron chi connectivity index (χ1n) is 10.8. The van der Waals surface area contributed by atoms with E-state index in [4.69, 9.17) is 9.47 Å². The molecule has 1 unspecified atom stereocenters. The number of amides is 1. The average Bonchev–Trinajstić information content (AvgIpc) is 2.75. The van der Waals surface area contributed by atoms with E-state index < -0.39 is 29.1 Å². The highest BCUT2D eigenvalue weighted by molar-refractivity contribution is 5.82. The number of carbonyl (C=O) groups is 3. The van der Waals surface area contributed by atoms with Crippen molar-refractivity contribution in [3.8, 4) is 0 Å². The van der Waals surface area contributed by atoms with Crippen LogP contribution in [-0.2, 0) is 37.5 Å². The summed E-state index contributed by atoms with van der Waals surface area (Å²) in [6, 6.07) is 15.2. The molecule has 0 aliphatic rings. The van der Waals surface area contributed by atoms with Crippen LogP contribution >= 0.6 is 0 Å². The van der Waals surface area contributed by atoms with Crippen molar-refractivity contribution in [2.24, 2.45) is 0 Å². The van der Waals surface area contributed by atoms with Crippen molar-refractivity contribution in [2.75, 3.05) is 7.05 Å². The Kier molecular flexibility index (Phi) is 8.25. The molecule has 0 saturated heterocycles. The normalized spacial score (nSPS) is 12.5. The minimum Gasteiger partial charge on any atom is -0.480 e. The summed E-state index contributed by atoms with van der Waals surface area (Å²) in [5.74, 6) is -1.47. The van der Waals surface area contributed by atoms with E-state index in [1.165, 1.54) is 7.05 Å². The van der Waals surface area contributed by atoms with Crippen LogP contribution in [0.4, 0.5) is 4.79 Å². The molecule has 0 radical (unpaired) electrons. The lowest BCUT2D eigenvalue weighted by Crippen LogP contribution is -2.44. The Bertz CT molecular complexity index is 961. The lowest BCUT2D eigenvalue weighted by atomic mass is 9.84. The van der Waals surface area contributed by atoms with Gasteiger partial charge in [-0.15, -0.1) is 0 Å². The SMILES string of the molecule is CN(C(=O)OCc1ccccc1)C(Cc1ccc(C(C)(C)C(=O)OC(C)(C)C)cc1)C(=O)O. The fourth-order valence-electron chi connectivity index (χ4n) is 3.14. The molecule has 0 aliphatic heterocycles. The van der Waals surface area contributed by atoms with E-state index in [0.717, 1.165) is 16.0 Å². The molecule has 0 heterocycles. The molecule has 0 fully saturated rings. The Balaban J connectivity index is 2.07. The second-order valence-electron chi connectivity index (χ2n) is 9.53. The number of nitrogens with zero attached hydrogens (tertiary/aromatic N) is 1. The number of ether oxygens (including phenoxy) is 2. The second kappa shape index (κ2) is 10.5. The van der Waals surface area contributed by atoms with Crippen molar-refractivity contribution in [3.05, 3.63) is 71.3 Å². The highest BCUT2D eigenvalue weighted by Crippen LogP contribution is 2.27. The van der Waals surface area contributed by atoms with Crippen LogP contribution in [0.1, 0.15) is 51.3 Å². The predicted molar refractivity (Wildman–Crippen MR) is 125 cm³/mol. The number of carboxylic acids is 1. The van der Waals surface area contributed by atoms with Crippen molar-refractivity contribution in [1.29, 1.82) is 0 Å². The Morgan fingerprint density at radius 2 is 1.48 bits per heavy atom. The molecule has 2 rings (SSSR count). The molecule has 2 aromatic rings. The zero-order valence-corrected chi connectivity index (χ0v) is 20.1. The van der Waals surface area contributed by atoms with Gasteiger partial charge < -0.3 is 14.6 Å². The van der Waals surface area contributed by atoms with E-state index in [1.54, 1.807) is 38.1 Å². The van der Waals surface area contributed by atoms with Crippen molar-refractivity contribution in [2.45, 2.75) is 64.7 Å². The van der Waals surface area contributed by atoms with Gasteiger partial charge >= 0.3 is 18.0 Å². The van der Waals surface area contributed by atoms with Gasteiger partial charge in [0, 0.05) is 13.5 Å². The van der Waals surface area contributed by atoms with Crippen LogP contribution in [0.25, 0.3) is 0 Å². The van der Waals surface area contributed by atoms with Gasteiger partial charge in [-0.1, -0.05) is 54.6 Å². The summed E-state index contributed by atoms with van der Waals surface area (Å²) in [5, 5.41) is 9.69. The second-order valence-corrected chi connectivity index (χ2v) is 9.53. The van der Waals surface area contributed by atoms with Crippen LogP contribution in [0, 0.1) is 0 Å². The molecule has 0 aromatic heterocycles. The van der Waals surface area contributed by atoms with Crippen LogP contribution in [-0.4, -0.2) is 46.7 Å². The largest absolute Gasteiger partial charge is 0.480 e. The number of hydrogen-bond acceptors (Lipinski definition) is 5. The molecule has 0 spiro atoms. The molecular formula is C26H33NO6. The monoisotopic (exact) mass is 455 g/mol. The first kappa shape index (κ1) is 25.9. The molecule has 1 atom stereocenters. The summed E-state index contributed by atoms with van der Waals surface area (Å²) in [6.45, 7) is 9.08. The molecule has 178 valence electrons. The van der Waals surface area contributed by atoms with Gasteiger partial charge in [-0.3, -0.25) is 9.69 Å². The zero-order valence-electron chi connectivity index (χ0n) is 20.1. The number of rotatable bonds is 8. The standard InChI is InChI=1S/C26H33NO6/c1-25(2,3)33-23(30)26(4,5)20-14-12-18(13-15-20)16-21(22(28)29)27(6)24(31)32-17-19-10-8-7-9-11-19/h7-15,21H,16-17H2,1-6H3,(H,28,29). The van der Waals surface area contributed by atoms with Gasteiger partial charge in [-0.25, -0.2) is 9.59 Å². The molecule has 0 bridgehead atoms. The lowest BCUT2D eigenvalue weighted by Gasteiger charge is -2.29. The third-order valence-electron chi connectivity index (χ3n) is 5.26. The maximum atomic E-state index is 12.6. The predicted octanol–water partition coefficient (Wildman–Crippen LogP) is 4.57. The maximum absolute atomic E-state index is 12.6. The van der Waals surface area contributed by atoms with Gasteiger partial charge in [0.25, 0.3) is 0 Å². The lowest BCUT2D eigenvalue weighted by molar-refractivity contribution is -0.160. The average molecular weight is 456 g/mol. The zero-order chi connectivity index (χ0) is 24.8. The van der Waals surface area contributed by atoms with E-state index in [9.17, 15) is 19.5 Å². The van der Waals surface area contributed by atoms with Crippen LogP contribution in [0.15, 0.2) is 54.6 Å². The van der Waals surface area contributed by atoms with Gasteiger partial charge in [-0.2, -0.15) is 0 Å². The van der Waals surface area contributed by atoms with Gasteiger partial charge in [0.15, 0.2) is 0 Å². The third kappa shape index (κ3) is 7.34. The highest BCUT2D eigenvalue weighted by atomic mass is 16.6. The first-order valence-corrected chi connectivity index (χ1v) is 10.8. The van der Waals surface area contributed by atoms with Crippen molar-refractivity contribution < 1.29 is 29.0 Å². The number of carboxylic acid groups (broad SMARTS) is 1. The molecule has 0 aliphatic carbocycles. The Morgan fingerprint density at radius 3 is 2.00 bits per heavy atom. The molecule has 1 amide bonds. The number of aliphatic carboxylic acids is 1. The maximum Gasteiger partial charge on any atom is 0.410 e. The van der Waals surface area contributed by atoms with E-state index >= 15 is 0 Å².